The van der Waals surface area contributed by atoms with Gasteiger partial charge < -0.3 is 4.90 Å². The average molecular weight is 193 g/mol. The summed E-state index contributed by atoms with van der Waals surface area (Å²) < 4.78 is 0. The van der Waals surface area contributed by atoms with Gasteiger partial charge in [0.2, 0.25) is 0 Å². The summed E-state index contributed by atoms with van der Waals surface area (Å²) in [5.74, 6) is 1.96. The van der Waals surface area contributed by atoms with Crippen LogP contribution in [0.15, 0.2) is 24.4 Å². The minimum atomic E-state index is 0.976. The Bertz CT molecular complexity index is 217. The van der Waals surface area contributed by atoms with E-state index in [2.05, 4.69) is 37.5 Å². The van der Waals surface area contributed by atoms with Crippen molar-refractivity contribution in [2.24, 2.45) is 11.8 Å². The summed E-state index contributed by atoms with van der Waals surface area (Å²) in [7, 11) is 0. The van der Waals surface area contributed by atoms with E-state index >= 15 is 0 Å². The van der Waals surface area contributed by atoms with Gasteiger partial charge in [0.1, 0.15) is 0 Å². The van der Waals surface area contributed by atoms with Gasteiger partial charge in [-0.25, -0.2) is 0 Å². The Morgan fingerprint density at radius 3 is 2.64 bits per heavy atom. The van der Waals surface area contributed by atoms with Gasteiger partial charge in [0.15, 0.2) is 0 Å². The van der Waals surface area contributed by atoms with Crippen molar-refractivity contribution < 1.29 is 0 Å². The molecule has 2 atom stereocenters. The van der Waals surface area contributed by atoms with E-state index in [-0.39, 0.29) is 0 Å². The third-order valence-electron chi connectivity index (χ3n) is 3.19. The smallest absolute Gasteiger partial charge is 0.0289 e. The Hall–Kier alpha value is -0.720. The maximum Gasteiger partial charge on any atom is 0.0289 e. The Balaban J connectivity index is 2.27. The van der Waals surface area contributed by atoms with Gasteiger partial charge in [-0.2, -0.15) is 0 Å². The SMILES string of the molecule is C=C(/C=C\C)N(CC)CCC1C[C@@H]1C. The minimum Gasteiger partial charge on any atom is -0.372 e. The Morgan fingerprint density at radius 1 is 1.57 bits per heavy atom. The molecule has 0 N–H and O–H groups in total. The third-order valence-corrected chi connectivity index (χ3v) is 3.19. The van der Waals surface area contributed by atoms with E-state index in [0.717, 1.165) is 24.1 Å². The fourth-order valence-electron chi connectivity index (χ4n) is 1.93. The monoisotopic (exact) mass is 193 g/mol. The van der Waals surface area contributed by atoms with Crippen LogP contribution in [0.5, 0.6) is 0 Å². The second kappa shape index (κ2) is 5.23. The minimum absolute atomic E-state index is 0.976. The summed E-state index contributed by atoms with van der Waals surface area (Å²) in [6.45, 7) is 12.9. The molecule has 1 unspecified atom stereocenters. The lowest BCUT2D eigenvalue weighted by Crippen LogP contribution is -2.22. The van der Waals surface area contributed by atoms with Gasteiger partial charge in [-0.05, 0) is 44.6 Å². The maximum absolute atomic E-state index is 4.07. The fourth-order valence-corrected chi connectivity index (χ4v) is 1.93. The molecule has 80 valence electrons. The molecule has 14 heavy (non-hydrogen) atoms. The maximum atomic E-state index is 4.07. The van der Waals surface area contributed by atoms with Gasteiger partial charge in [0.05, 0.1) is 0 Å². The van der Waals surface area contributed by atoms with Gasteiger partial charge in [-0.1, -0.05) is 19.6 Å². The zero-order chi connectivity index (χ0) is 10.6. The molecule has 1 heteroatoms. The molecule has 0 aromatic heterocycles. The molecule has 0 aromatic rings. The van der Waals surface area contributed by atoms with Crippen LogP contribution < -0.4 is 0 Å². The molecule has 1 saturated carbocycles. The first-order chi connectivity index (χ1) is 6.69. The van der Waals surface area contributed by atoms with Crippen LogP contribution in [0.2, 0.25) is 0 Å². The largest absolute Gasteiger partial charge is 0.372 e. The first kappa shape index (κ1) is 11.4. The Morgan fingerprint density at radius 2 is 2.21 bits per heavy atom. The van der Waals surface area contributed by atoms with E-state index in [4.69, 9.17) is 0 Å². The Labute approximate surface area is 88.5 Å². The van der Waals surface area contributed by atoms with Gasteiger partial charge in [-0.3, -0.25) is 0 Å². The molecule has 1 aliphatic rings. The van der Waals surface area contributed by atoms with E-state index in [1.165, 1.54) is 19.4 Å². The Kier molecular flexibility index (Phi) is 4.24. The van der Waals surface area contributed by atoms with Crippen molar-refractivity contribution in [3.05, 3.63) is 24.4 Å². The lowest BCUT2D eigenvalue weighted by Gasteiger charge is -2.23. The third kappa shape index (κ3) is 3.21. The number of allylic oxidation sites excluding steroid dienone is 2. The molecule has 0 aromatic carbocycles. The molecule has 0 saturated heterocycles. The molecule has 0 heterocycles. The predicted molar refractivity (Wildman–Crippen MR) is 63.1 cm³/mol. The summed E-state index contributed by atoms with van der Waals surface area (Å²) in [5, 5.41) is 0. The highest BCUT2D eigenvalue weighted by atomic mass is 15.1. The summed E-state index contributed by atoms with van der Waals surface area (Å²) in [6, 6.07) is 0. The van der Waals surface area contributed by atoms with E-state index < -0.39 is 0 Å². The van der Waals surface area contributed by atoms with Gasteiger partial charge >= 0.3 is 0 Å². The zero-order valence-corrected chi connectivity index (χ0v) is 9.79. The summed E-state index contributed by atoms with van der Waals surface area (Å²) >= 11 is 0. The van der Waals surface area contributed by atoms with E-state index in [1.54, 1.807) is 0 Å². The number of hydrogen-bond donors (Lipinski definition) is 0. The highest BCUT2D eigenvalue weighted by molar-refractivity contribution is 5.12. The standard InChI is InChI=1S/C13H23N/c1-5-7-12(4)14(6-2)9-8-13-10-11(13)3/h5,7,11,13H,4,6,8-10H2,1-3H3/b7-5-/t11-,13?/m0/s1. The van der Waals surface area contributed by atoms with Crippen LogP contribution in [-0.4, -0.2) is 18.0 Å². The lowest BCUT2D eigenvalue weighted by atomic mass is 10.2. The van der Waals surface area contributed by atoms with Crippen molar-refractivity contribution in [2.45, 2.75) is 33.6 Å². The quantitative estimate of drug-likeness (QED) is 0.584. The molecular weight excluding hydrogens is 170 g/mol. The molecule has 0 bridgehead atoms. The topological polar surface area (TPSA) is 3.24 Å². The van der Waals surface area contributed by atoms with Crippen LogP contribution >= 0.6 is 0 Å². The van der Waals surface area contributed by atoms with Crippen LogP contribution in [-0.2, 0) is 0 Å². The number of rotatable bonds is 6. The van der Waals surface area contributed by atoms with Crippen molar-refractivity contribution in [3.63, 3.8) is 0 Å². The molecular formula is C13H23N. The van der Waals surface area contributed by atoms with Crippen LogP contribution in [0, 0.1) is 11.8 Å². The lowest BCUT2D eigenvalue weighted by molar-refractivity contribution is 0.356. The first-order valence-corrected chi connectivity index (χ1v) is 5.75. The van der Waals surface area contributed by atoms with Crippen molar-refractivity contribution in [1.29, 1.82) is 0 Å². The van der Waals surface area contributed by atoms with Crippen LogP contribution in [0.1, 0.15) is 33.6 Å². The summed E-state index contributed by atoms with van der Waals surface area (Å²) in [5.41, 5.74) is 1.16. The molecule has 1 rings (SSSR count). The van der Waals surface area contributed by atoms with E-state index in [9.17, 15) is 0 Å². The summed E-state index contributed by atoms with van der Waals surface area (Å²) in [6.07, 6.45) is 6.93. The molecule has 0 aliphatic heterocycles. The molecule has 0 radical (unpaired) electrons. The summed E-state index contributed by atoms with van der Waals surface area (Å²) in [4.78, 5) is 2.37. The predicted octanol–water partition coefficient (Wildman–Crippen LogP) is 3.44. The van der Waals surface area contributed by atoms with E-state index in [1.807, 2.05) is 6.92 Å². The van der Waals surface area contributed by atoms with Crippen LogP contribution in [0.25, 0.3) is 0 Å². The first-order valence-electron chi connectivity index (χ1n) is 5.75. The second-order valence-electron chi connectivity index (χ2n) is 4.33. The van der Waals surface area contributed by atoms with Crippen molar-refractivity contribution in [1.82, 2.24) is 4.90 Å². The number of hydrogen-bond acceptors (Lipinski definition) is 1. The van der Waals surface area contributed by atoms with Crippen LogP contribution in [0.3, 0.4) is 0 Å². The molecule has 1 nitrogen and oxygen atoms in total. The molecule has 0 amide bonds. The van der Waals surface area contributed by atoms with Gasteiger partial charge in [0.25, 0.3) is 0 Å². The van der Waals surface area contributed by atoms with Gasteiger partial charge in [0, 0.05) is 18.8 Å². The van der Waals surface area contributed by atoms with Crippen molar-refractivity contribution >= 4 is 0 Å². The number of nitrogens with zero attached hydrogens (tertiary/aromatic N) is 1. The highest BCUT2D eigenvalue weighted by Gasteiger charge is 2.31. The van der Waals surface area contributed by atoms with Crippen molar-refractivity contribution in [3.8, 4) is 0 Å². The molecule has 1 aliphatic carbocycles. The fraction of sp³-hybridized carbons (Fsp3) is 0.692. The zero-order valence-electron chi connectivity index (χ0n) is 9.79. The second-order valence-corrected chi connectivity index (χ2v) is 4.33. The molecule has 0 spiro atoms. The highest BCUT2D eigenvalue weighted by Crippen LogP contribution is 2.40. The van der Waals surface area contributed by atoms with Crippen molar-refractivity contribution in [2.75, 3.05) is 13.1 Å². The van der Waals surface area contributed by atoms with Gasteiger partial charge in [-0.15, -0.1) is 0 Å². The van der Waals surface area contributed by atoms with Crippen LogP contribution in [0.4, 0.5) is 0 Å². The number of likely N-dealkylation sites (N-methyl/N-ethyl adjacent to an activating group) is 1. The average Bonchev–Trinajstić information content (AvgIpc) is 2.83. The van der Waals surface area contributed by atoms with E-state index in [0.29, 0.717) is 0 Å². The normalized spacial score (nSPS) is 25.4. The molecule has 1 fully saturated rings.